The summed E-state index contributed by atoms with van der Waals surface area (Å²) in [4.78, 5) is 39.0. The minimum atomic E-state index is -1.71. The maximum absolute atomic E-state index is 14.3. The summed E-state index contributed by atoms with van der Waals surface area (Å²) in [5.74, 6) is -8.68. The molecule has 0 aromatic heterocycles. The zero-order valence-corrected chi connectivity index (χ0v) is 35.8. The molecule has 5 rings (SSSR count). The van der Waals surface area contributed by atoms with Gasteiger partial charge in [0.1, 0.15) is 28.8 Å². The first-order valence-corrected chi connectivity index (χ1v) is 20.9. The molecule has 5 N–H and O–H groups in total. The third-order valence-electron chi connectivity index (χ3n) is 13.7. The summed E-state index contributed by atoms with van der Waals surface area (Å²) < 4.78 is 37.8. The van der Waals surface area contributed by atoms with Crippen molar-refractivity contribution in [2.24, 2.45) is 35.5 Å². The molecule has 4 aliphatic rings. The Morgan fingerprint density at radius 2 is 1.69 bits per heavy atom. The average molecular weight is 819 g/mol. The Hall–Kier alpha value is -2.95. The highest BCUT2D eigenvalue weighted by Crippen LogP contribution is 2.56. The number of aliphatic hydroxyl groups excluding tert-OH is 3. The third-order valence-corrected chi connectivity index (χ3v) is 13.7. The van der Waals surface area contributed by atoms with E-state index < -0.39 is 95.5 Å². The summed E-state index contributed by atoms with van der Waals surface area (Å²) in [5, 5.41) is 54.7. The Labute approximate surface area is 342 Å². The fraction of sp³-hybridized carbons (Fsp3) is 0.750. The fourth-order valence-corrected chi connectivity index (χ4v) is 10.4. The molecule has 0 aliphatic carbocycles. The molecule has 0 saturated carbocycles. The van der Waals surface area contributed by atoms with Crippen LogP contribution in [0, 0.1) is 35.5 Å². The number of phenols is 1. The van der Waals surface area contributed by atoms with E-state index >= 15 is 0 Å². The zero-order chi connectivity index (χ0) is 43.2. The van der Waals surface area contributed by atoms with Crippen LogP contribution in [0.15, 0.2) is 24.3 Å². The van der Waals surface area contributed by atoms with Gasteiger partial charge in [-0.1, -0.05) is 67.5 Å². The van der Waals surface area contributed by atoms with E-state index in [4.69, 9.17) is 28.4 Å². The van der Waals surface area contributed by atoms with Crippen molar-refractivity contribution in [3.8, 4) is 5.75 Å². The molecule has 1 aromatic carbocycles. The van der Waals surface area contributed by atoms with Crippen molar-refractivity contribution in [2.45, 2.75) is 161 Å². The number of methoxy groups -OCH3 is 1. The summed E-state index contributed by atoms with van der Waals surface area (Å²) in [6.45, 7) is 18.3. The van der Waals surface area contributed by atoms with Crippen LogP contribution in [0.1, 0.15) is 116 Å². The van der Waals surface area contributed by atoms with Crippen molar-refractivity contribution in [1.29, 1.82) is 0 Å². The Morgan fingerprint density at radius 1 is 1.02 bits per heavy atom. The molecule has 2 spiro atoms. The van der Waals surface area contributed by atoms with Crippen molar-refractivity contribution in [1.82, 2.24) is 0 Å². The van der Waals surface area contributed by atoms with Crippen LogP contribution in [0.3, 0.4) is 0 Å². The lowest BCUT2D eigenvalue weighted by atomic mass is 9.74. The molecule has 17 atom stereocenters. The van der Waals surface area contributed by atoms with E-state index in [-0.39, 0.29) is 47.9 Å². The number of rotatable bonds is 14. The van der Waals surface area contributed by atoms with Crippen molar-refractivity contribution < 1.29 is 68.3 Å². The number of carboxylic acid groups (broad SMARTS) is 1. The number of benzene rings is 1. The summed E-state index contributed by atoms with van der Waals surface area (Å²) in [6, 6.07) is 3.44. The number of ketones is 1. The van der Waals surface area contributed by atoms with Crippen LogP contribution in [0.2, 0.25) is 0 Å². The second-order valence-corrected chi connectivity index (χ2v) is 17.7. The zero-order valence-electron chi connectivity index (χ0n) is 35.8. The molecule has 4 heterocycles. The highest BCUT2D eigenvalue weighted by Gasteiger charge is 2.70. The molecule has 14 nitrogen and oxygen atoms in total. The molecule has 1 aromatic rings. The minimum Gasteiger partial charge on any atom is -0.507 e. The number of hydrogen-bond donors (Lipinski definition) is 5. The molecule has 58 heavy (non-hydrogen) atoms. The van der Waals surface area contributed by atoms with Gasteiger partial charge in [0, 0.05) is 37.2 Å². The van der Waals surface area contributed by atoms with Crippen LogP contribution < -0.4 is 0 Å². The van der Waals surface area contributed by atoms with Gasteiger partial charge in [0.05, 0.1) is 37.1 Å². The van der Waals surface area contributed by atoms with Crippen LogP contribution in [0.25, 0.3) is 0 Å². The largest absolute Gasteiger partial charge is 0.507 e. The molecular weight excluding hydrogens is 752 g/mol. The van der Waals surface area contributed by atoms with Crippen LogP contribution >= 0.6 is 0 Å². The standard InChI is InChI=1S/C44H66O14/c1-12-28-14-15-29(33(36(28)49)40(50)51)21(3)18-22(4)34(47)25(7)35(48)26(8)37-23(5)19-24(6)43(56-37)17-16-31(46)44(58-43)27(9)39(53-11)42(10,57-44)32-20-30(45)38(55-32)41(52)54-13-2/h14-17,21-27,30-32,34,37-39,45-47,49H,12-13,18-20H2,1-11H3,(H,50,51). The van der Waals surface area contributed by atoms with E-state index in [2.05, 4.69) is 0 Å². The van der Waals surface area contributed by atoms with Gasteiger partial charge in [-0.3, -0.25) is 4.79 Å². The number of ether oxygens (including phenoxy) is 6. The van der Waals surface area contributed by atoms with Gasteiger partial charge < -0.3 is 54.0 Å². The Kier molecular flexibility index (Phi) is 14.0. The molecule has 14 heteroatoms. The highest BCUT2D eigenvalue weighted by atomic mass is 16.8. The van der Waals surface area contributed by atoms with Crippen LogP contribution in [0.5, 0.6) is 5.75 Å². The number of esters is 1. The number of aliphatic hydroxyl groups is 3. The SMILES string of the molecule is CCOC(=O)C1OC(C2(C)OC3(OC4(C=CC3O)OC(C(C)C(=O)C(C)C(O)C(C)CC(C)c3ccc(CC)c(O)c3C(=O)O)C(C)CC4C)C(C)C2OC)CC1O. The first-order valence-electron chi connectivity index (χ1n) is 20.9. The first kappa shape index (κ1) is 46.1. The van der Waals surface area contributed by atoms with Crippen molar-refractivity contribution in [3.63, 3.8) is 0 Å². The molecule has 3 saturated heterocycles. The lowest BCUT2D eigenvalue weighted by Gasteiger charge is -2.54. The second kappa shape index (κ2) is 17.6. The smallest absolute Gasteiger partial charge is 0.339 e. The van der Waals surface area contributed by atoms with E-state index in [0.717, 1.165) is 0 Å². The van der Waals surface area contributed by atoms with Crippen molar-refractivity contribution in [2.75, 3.05) is 13.7 Å². The molecule has 0 amide bonds. The van der Waals surface area contributed by atoms with E-state index in [9.17, 15) is 39.9 Å². The summed E-state index contributed by atoms with van der Waals surface area (Å²) in [7, 11) is 1.51. The summed E-state index contributed by atoms with van der Waals surface area (Å²) >= 11 is 0. The number of aromatic hydroxyl groups is 1. The average Bonchev–Trinajstić information content (AvgIpc) is 3.67. The highest BCUT2D eigenvalue weighted by molar-refractivity contribution is 5.93. The predicted molar refractivity (Wildman–Crippen MR) is 211 cm³/mol. The topological polar surface area (TPSA) is 208 Å². The van der Waals surface area contributed by atoms with E-state index in [1.165, 1.54) is 7.11 Å². The maximum atomic E-state index is 14.3. The molecule has 3 fully saturated rings. The molecule has 0 radical (unpaired) electrons. The van der Waals surface area contributed by atoms with Gasteiger partial charge >= 0.3 is 11.9 Å². The quantitative estimate of drug-likeness (QED) is 0.125. The van der Waals surface area contributed by atoms with Crippen molar-refractivity contribution >= 4 is 17.7 Å². The van der Waals surface area contributed by atoms with E-state index in [1.54, 1.807) is 52.0 Å². The van der Waals surface area contributed by atoms with Crippen LogP contribution in [-0.2, 0) is 44.4 Å². The molecule has 326 valence electrons. The van der Waals surface area contributed by atoms with Gasteiger partial charge in [0.15, 0.2) is 11.9 Å². The van der Waals surface area contributed by atoms with Gasteiger partial charge in [-0.2, -0.15) is 0 Å². The Bertz CT molecular complexity index is 1700. The van der Waals surface area contributed by atoms with Crippen LogP contribution in [0.4, 0.5) is 0 Å². The number of hydrogen-bond acceptors (Lipinski definition) is 13. The van der Waals surface area contributed by atoms with Crippen LogP contribution in [-0.4, -0.2) is 117 Å². The van der Waals surface area contributed by atoms with E-state index in [1.807, 2.05) is 41.5 Å². The number of Topliss-reactive ketones (excluding diaryl/α,β-unsaturated/α-hetero) is 1. The third kappa shape index (κ3) is 8.00. The van der Waals surface area contributed by atoms with Gasteiger partial charge in [0.25, 0.3) is 0 Å². The number of aromatic carboxylic acids is 1. The number of carboxylic acids is 1. The normalized spacial score (nSPS) is 38.7. The van der Waals surface area contributed by atoms with Gasteiger partial charge in [-0.15, -0.1) is 0 Å². The monoisotopic (exact) mass is 818 g/mol. The van der Waals surface area contributed by atoms with Crippen molar-refractivity contribution in [3.05, 3.63) is 41.0 Å². The predicted octanol–water partition coefficient (Wildman–Crippen LogP) is 4.91. The lowest BCUT2D eigenvalue weighted by molar-refractivity contribution is -0.414. The lowest BCUT2D eigenvalue weighted by Crippen LogP contribution is -2.64. The number of aryl methyl sites for hydroxylation is 1. The van der Waals surface area contributed by atoms with Gasteiger partial charge in [0.2, 0.25) is 5.79 Å². The maximum Gasteiger partial charge on any atom is 0.339 e. The van der Waals surface area contributed by atoms with Gasteiger partial charge in [-0.25, -0.2) is 9.59 Å². The fourth-order valence-electron chi connectivity index (χ4n) is 10.4. The molecule has 0 bridgehead atoms. The molecular formula is C44H66O14. The summed E-state index contributed by atoms with van der Waals surface area (Å²) in [6.07, 6.45) is -2.14. The number of carbonyl (C=O) groups excluding carboxylic acids is 2. The Morgan fingerprint density at radius 3 is 2.29 bits per heavy atom. The second-order valence-electron chi connectivity index (χ2n) is 17.7. The Balaban J connectivity index is 1.34. The first-order chi connectivity index (χ1) is 27.1. The summed E-state index contributed by atoms with van der Waals surface area (Å²) in [5.41, 5.74) is -0.434. The molecule has 4 aliphatic heterocycles. The molecule has 17 unspecified atom stereocenters. The number of carbonyl (C=O) groups is 3. The minimum absolute atomic E-state index is 0.0480. The van der Waals surface area contributed by atoms with E-state index in [0.29, 0.717) is 30.4 Å². The van der Waals surface area contributed by atoms with Gasteiger partial charge in [-0.05, 0) is 74.1 Å².